The molecule has 1 aliphatic heterocycles. The van der Waals surface area contributed by atoms with E-state index in [9.17, 15) is 0 Å². The first-order valence-electron chi connectivity index (χ1n) is 12.1. The molecule has 1 aliphatic rings. The maximum atomic E-state index is 5.55. The minimum Gasteiger partial charge on any atom is -0.378 e. The lowest BCUT2D eigenvalue weighted by molar-refractivity contribution is 0.122. The number of nitrogens with one attached hydrogen (secondary N) is 1. The van der Waals surface area contributed by atoms with Gasteiger partial charge in [-0.15, -0.1) is 0 Å². The van der Waals surface area contributed by atoms with Gasteiger partial charge in [0, 0.05) is 56.1 Å². The average Bonchev–Trinajstić information content (AvgIpc) is 3.46. The van der Waals surface area contributed by atoms with Crippen molar-refractivity contribution < 1.29 is 4.74 Å². The van der Waals surface area contributed by atoms with Gasteiger partial charge in [0.25, 0.3) is 0 Å². The molecule has 1 fully saturated rings. The number of aryl methyl sites for hydroxylation is 3. The standard InChI is InChI=1S/C27H28N8O/c1-18-22-9-6-20(16-25(22)34(3)32-18)23-17-26(31-27(30-23)35-12-14-36-15-13-35)29-21-7-4-19(5-8-21)24-10-11-28-33(24)2/h4-11,16-17H,12-15H2,1-3H3,(H,29,30,31). The molecule has 6 rings (SSSR count). The van der Waals surface area contributed by atoms with Crippen LogP contribution in [-0.4, -0.2) is 55.8 Å². The summed E-state index contributed by atoms with van der Waals surface area (Å²) in [6.07, 6.45) is 1.81. The SMILES string of the molecule is Cc1nn(C)c2cc(-c3cc(Nc4ccc(-c5ccnn5C)cc4)nc(N4CCOCC4)n3)ccc12. The lowest BCUT2D eigenvalue weighted by atomic mass is 10.1. The Bertz CT molecular complexity index is 1530. The van der Waals surface area contributed by atoms with Crippen LogP contribution < -0.4 is 10.2 Å². The van der Waals surface area contributed by atoms with E-state index < -0.39 is 0 Å². The van der Waals surface area contributed by atoms with E-state index in [-0.39, 0.29) is 0 Å². The van der Waals surface area contributed by atoms with Crippen molar-refractivity contribution in [2.75, 3.05) is 36.5 Å². The molecule has 182 valence electrons. The molecule has 36 heavy (non-hydrogen) atoms. The summed E-state index contributed by atoms with van der Waals surface area (Å²) in [5.41, 5.74) is 7.12. The number of ether oxygens (including phenoxy) is 1. The van der Waals surface area contributed by atoms with E-state index in [0.717, 1.165) is 63.7 Å². The largest absolute Gasteiger partial charge is 0.378 e. The van der Waals surface area contributed by atoms with Gasteiger partial charge < -0.3 is 15.0 Å². The van der Waals surface area contributed by atoms with Crippen LogP contribution in [0.15, 0.2) is 60.8 Å². The number of rotatable bonds is 5. The number of hydrogen-bond donors (Lipinski definition) is 1. The van der Waals surface area contributed by atoms with E-state index in [1.54, 1.807) is 6.20 Å². The Hall–Kier alpha value is -4.24. The van der Waals surface area contributed by atoms with E-state index in [0.29, 0.717) is 19.2 Å². The van der Waals surface area contributed by atoms with Crippen molar-refractivity contribution in [2.24, 2.45) is 14.1 Å². The highest BCUT2D eigenvalue weighted by atomic mass is 16.5. The molecule has 0 radical (unpaired) electrons. The molecule has 5 aromatic rings. The molecule has 1 N–H and O–H groups in total. The number of benzene rings is 2. The topological polar surface area (TPSA) is 85.9 Å². The van der Waals surface area contributed by atoms with Crippen LogP contribution in [0.5, 0.6) is 0 Å². The second kappa shape index (κ2) is 9.09. The normalized spacial score (nSPS) is 13.9. The number of hydrogen-bond acceptors (Lipinski definition) is 7. The van der Waals surface area contributed by atoms with Crippen LogP contribution in [0.1, 0.15) is 5.69 Å². The van der Waals surface area contributed by atoms with Gasteiger partial charge in [-0.05, 0) is 36.8 Å². The van der Waals surface area contributed by atoms with Crippen LogP contribution in [0.25, 0.3) is 33.4 Å². The first-order valence-corrected chi connectivity index (χ1v) is 12.1. The van der Waals surface area contributed by atoms with Crippen molar-refractivity contribution in [1.29, 1.82) is 0 Å². The molecule has 0 spiro atoms. The lowest BCUT2D eigenvalue weighted by Gasteiger charge is -2.27. The summed E-state index contributed by atoms with van der Waals surface area (Å²) in [6.45, 7) is 4.91. The molecular weight excluding hydrogens is 452 g/mol. The minimum absolute atomic E-state index is 0.673. The van der Waals surface area contributed by atoms with Crippen molar-refractivity contribution in [1.82, 2.24) is 29.5 Å². The Balaban J connectivity index is 1.37. The summed E-state index contributed by atoms with van der Waals surface area (Å²) in [5, 5.41) is 13.5. The second-order valence-corrected chi connectivity index (χ2v) is 9.02. The van der Waals surface area contributed by atoms with E-state index in [2.05, 4.69) is 62.9 Å². The summed E-state index contributed by atoms with van der Waals surface area (Å²) in [6, 6.07) is 18.7. The third kappa shape index (κ3) is 4.18. The fourth-order valence-electron chi connectivity index (χ4n) is 4.68. The van der Waals surface area contributed by atoms with Gasteiger partial charge >= 0.3 is 0 Å². The molecule has 3 aromatic heterocycles. The molecule has 0 amide bonds. The summed E-state index contributed by atoms with van der Waals surface area (Å²) in [5.74, 6) is 1.45. The first-order chi connectivity index (χ1) is 17.5. The van der Waals surface area contributed by atoms with Gasteiger partial charge in [-0.3, -0.25) is 9.36 Å². The van der Waals surface area contributed by atoms with E-state index in [4.69, 9.17) is 14.7 Å². The highest BCUT2D eigenvalue weighted by Gasteiger charge is 2.17. The van der Waals surface area contributed by atoms with Gasteiger partial charge in [-0.2, -0.15) is 15.2 Å². The molecule has 9 heteroatoms. The zero-order chi connectivity index (χ0) is 24.6. The maximum Gasteiger partial charge on any atom is 0.228 e. The predicted molar refractivity (Wildman–Crippen MR) is 141 cm³/mol. The van der Waals surface area contributed by atoms with Gasteiger partial charge in [0.15, 0.2) is 0 Å². The van der Waals surface area contributed by atoms with Gasteiger partial charge in [-0.1, -0.05) is 24.3 Å². The monoisotopic (exact) mass is 480 g/mol. The third-order valence-electron chi connectivity index (χ3n) is 6.61. The van der Waals surface area contributed by atoms with Crippen molar-refractivity contribution in [3.8, 4) is 22.5 Å². The number of anilines is 3. The van der Waals surface area contributed by atoms with E-state index >= 15 is 0 Å². The molecule has 0 aliphatic carbocycles. The third-order valence-corrected chi connectivity index (χ3v) is 6.61. The Kier molecular flexibility index (Phi) is 5.61. The predicted octanol–water partition coefficient (Wildman–Crippen LogP) is 4.32. The quantitative estimate of drug-likeness (QED) is 0.401. The molecule has 2 aromatic carbocycles. The highest BCUT2D eigenvalue weighted by molar-refractivity contribution is 5.86. The maximum absolute atomic E-state index is 5.55. The Morgan fingerprint density at radius 1 is 0.861 bits per heavy atom. The van der Waals surface area contributed by atoms with Gasteiger partial charge in [0.05, 0.1) is 35.8 Å². The Labute approximate surface area is 209 Å². The number of aromatic nitrogens is 6. The molecule has 0 bridgehead atoms. The van der Waals surface area contributed by atoms with E-state index in [1.165, 1.54) is 0 Å². The van der Waals surface area contributed by atoms with E-state index in [1.807, 2.05) is 42.5 Å². The zero-order valence-corrected chi connectivity index (χ0v) is 20.6. The van der Waals surface area contributed by atoms with Crippen LogP contribution in [0, 0.1) is 6.92 Å². The van der Waals surface area contributed by atoms with Gasteiger partial charge in [0.2, 0.25) is 5.95 Å². The second-order valence-electron chi connectivity index (χ2n) is 9.02. The van der Waals surface area contributed by atoms with Gasteiger partial charge in [-0.25, -0.2) is 4.98 Å². The van der Waals surface area contributed by atoms with Crippen LogP contribution in [0.3, 0.4) is 0 Å². The molecule has 1 saturated heterocycles. The number of morpholine rings is 1. The summed E-state index contributed by atoms with van der Waals surface area (Å²) in [7, 11) is 3.92. The van der Waals surface area contributed by atoms with Crippen LogP contribution in [0.4, 0.5) is 17.5 Å². The van der Waals surface area contributed by atoms with Crippen LogP contribution in [-0.2, 0) is 18.8 Å². The zero-order valence-electron chi connectivity index (χ0n) is 20.6. The molecule has 9 nitrogen and oxygen atoms in total. The fraction of sp³-hybridized carbons (Fsp3) is 0.259. The lowest BCUT2D eigenvalue weighted by Crippen LogP contribution is -2.37. The summed E-state index contributed by atoms with van der Waals surface area (Å²) < 4.78 is 9.33. The van der Waals surface area contributed by atoms with Crippen molar-refractivity contribution >= 4 is 28.4 Å². The van der Waals surface area contributed by atoms with Crippen molar-refractivity contribution in [3.05, 3.63) is 66.5 Å². The Morgan fingerprint density at radius 3 is 2.39 bits per heavy atom. The molecule has 0 unspecified atom stereocenters. The summed E-state index contributed by atoms with van der Waals surface area (Å²) >= 11 is 0. The van der Waals surface area contributed by atoms with Crippen LogP contribution >= 0.6 is 0 Å². The molecular formula is C27H28N8O. The molecule has 0 saturated carbocycles. The van der Waals surface area contributed by atoms with Gasteiger partial charge in [0.1, 0.15) is 5.82 Å². The highest BCUT2D eigenvalue weighted by Crippen LogP contribution is 2.29. The molecule has 0 atom stereocenters. The minimum atomic E-state index is 0.673. The average molecular weight is 481 g/mol. The number of fused-ring (bicyclic) bond motifs is 1. The smallest absolute Gasteiger partial charge is 0.228 e. The van der Waals surface area contributed by atoms with Crippen molar-refractivity contribution in [3.63, 3.8) is 0 Å². The fourth-order valence-corrected chi connectivity index (χ4v) is 4.68. The number of nitrogens with zero attached hydrogens (tertiary/aromatic N) is 7. The van der Waals surface area contributed by atoms with Crippen molar-refractivity contribution in [2.45, 2.75) is 6.92 Å². The first kappa shape index (κ1) is 22.2. The summed E-state index contributed by atoms with van der Waals surface area (Å²) in [4.78, 5) is 12.0. The Morgan fingerprint density at radius 2 is 1.64 bits per heavy atom. The molecule has 4 heterocycles. The van der Waals surface area contributed by atoms with Crippen LogP contribution in [0.2, 0.25) is 0 Å².